The van der Waals surface area contributed by atoms with E-state index in [-0.39, 0.29) is 68.2 Å². The van der Waals surface area contributed by atoms with Gasteiger partial charge in [-0.3, -0.25) is 14.7 Å². The number of likely N-dealkylation sites (tertiary alicyclic amines) is 3. The minimum absolute atomic E-state index is 0. The van der Waals surface area contributed by atoms with Crippen LogP contribution in [0.5, 0.6) is 11.5 Å². The van der Waals surface area contributed by atoms with Gasteiger partial charge in [-0.2, -0.15) is 39.5 Å². The van der Waals surface area contributed by atoms with Gasteiger partial charge in [0.1, 0.15) is 17.3 Å². The van der Waals surface area contributed by atoms with Crippen molar-refractivity contribution in [1.29, 1.82) is 0 Å². The molecule has 0 aromatic heterocycles. The summed E-state index contributed by atoms with van der Waals surface area (Å²) in [6.45, 7) is 10.4. The predicted octanol–water partition coefficient (Wildman–Crippen LogP) is 20.9. The van der Waals surface area contributed by atoms with E-state index < -0.39 is 41.0 Å². The molecule has 7 aliphatic rings. The van der Waals surface area contributed by atoms with Crippen molar-refractivity contribution in [3.05, 3.63) is 200 Å². The molecule has 4 heterocycles. The normalized spacial score (nSPS) is 22.7. The van der Waals surface area contributed by atoms with E-state index in [1.54, 1.807) is 14.2 Å². The third-order valence-corrected chi connectivity index (χ3v) is 23.1. The quantitative estimate of drug-likeness (QED) is 0.0679. The molecule has 13 rings (SSSR count). The lowest BCUT2D eigenvalue weighted by molar-refractivity contribution is -0.138. The number of alkyl halides is 9. The van der Waals surface area contributed by atoms with Crippen LogP contribution in [0.25, 0.3) is 0 Å². The van der Waals surface area contributed by atoms with Gasteiger partial charge in [-0.05, 0) is 241 Å². The monoisotopic (exact) mass is 1550 g/mol. The molecular weight excluding hydrogens is 1450 g/mol. The molecule has 3 saturated carbocycles. The standard InChI is InChI=1S/C26H31ClF3NO2.C25H29ClF3NO2.C19H28ClNO2.C7H4F4.C4H8O.2CH4/c1-32-17-24-19(16-33-23-11-7-21(8-12-23)26(28,29)30)4-2-15-31(24)18-25(13-3-14-25)20-5-9-22(27)10-6-20;26-21-8-4-19(5-9-21)24(12-2-13-24)17-30-14-1-3-18(23(30)15-31)16-32-22-10-6-20(7-11-22)25(27,28)29;1-23-13-18-15(12-22)4-2-11-21(18)14-19(9-3-10-19)16-5-7-17(20)8-6-16;8-6-3-1-5(2-4-6)7(9,10)11;1-2-4-5-3-1;;/h5-12,19,24H,2-4,13-18H2,1H3;4-11,18,23,31H,1-3,12-17H2;5-8,15,18,22H,2-4,9-14H2,1H3;1-4H;1-4H2;2*1H4/t19-,24+;18-,23+;15-,18+;;;;/m000..../s1. The molecule has 10 nitrogen and oxygen atoms in total. The lowest BCUT2D eigenvalue weighted by atomic mass is 9.63. The van der Waals surface area contributed by atoms with Gasteiger partial charge in [-0.1, -0.05) is 105 Å². The van der Waals surface area contributed by atoms with Crippen LogP contribution in [-0.4, -0.2) is 149 Å². The molecule has 2 N–H and O–H groups in total. The van der Waals surface area contributed by atoms with Gasteiger partial charge in [0, 0.05) is 115 Å². The third kappa shape index (κ3) is 24.4. The van der Waals surface area contributed by atoms with Crippen molar-refractivity contribution >= 4 is 34.8 Å². The largest absolute Gasteiger partial charge is 0.493 e. The molecule has 4 aliphatic heterocycles. The summed E-state index contributed by atoms with van der Waals surface area (Å²) >= 11 is 18.3. The van der Waals surface area contributed by atoms with Crippen molar-refractivity contribution in [3.63, 3.8) is 0 Å². The third-order valence-electron chi connectivity index (χ3n) is 22.3. The number of ether oxygens (including phenoxy) is 5. The number of aliphatic hydroxyl groups is 2. The summed E-state index contributed by atoms with van der Waals surface area (Å²) in [5, 5.41) is 22.2. The van der Waals surface area contributed by atoms with Gasteiger partial charge in [0.15, 0.2) is 0 Å². The molecule has 6 aromatic carbocycles. The predicted molar refractivity (Wildman–Crippen MR) is 402 cm³/mol. The van der Waals surface area contributed by atoms with Gasteiger partial charge >= 0.3 is 18.5 Å². The van der Waals surface area contributed by atoms with Crippen molar-refractivity contribution in [1.82, 2.24) is 14.7 Å². The second-order valence-corrected chi connectivity index (χ2v) is 30.3. The van der Waals surface area contributed by atoms with E-state index in [9.17, 15) is 54.1 Å². The van der Waals surface area contributed by atoms with Crippen LogP contribution in [0, 0.1) is 23.6 Å². The molecule has 588 valence electrons. The molecule has 23 heteroatoms. The van der Waals surface area contributed by atoms with E-state index in [1.807, 2.05) is 36.4 Å². The first-order chi connectivity index (χ1) is 49.8. The SMILES string of the molecule is C.C.C1CCOC1.COC[C@@H]1[C@H](CO)CCCN1CC1(c2ccc(Cl)cc2)CCC1.COC[C@@H]1[C@H](COc2ccc(C(F)(F)F)cc2)CCCN1CC1(c2ccc(Cl)cc2)CCC1.Fc1ccc(C(F)(F)F)cc1.OC[C@@H]1[C@H](COc2ccc(C(F)(F)F)cc2)CCCN1CC1(c2ccc(Cl)cc2)CCC1. The Balaban J connectivity index is 0.000000201. The van der Waals surface area contributed by atoms with Gasteiger partial charge in [-0.25, -0.2) is 4.39 Å². The number of aliphatic hydroxyl groups excluding tert-OH is 2. The summed E-state index contributed by atoms with van der Waals surface area (Å²) in [7, 11) is 3.48. The van der Waals surface area contributed by atoms with E-state index >= 15 is 0 Å². The average Bonchev–Trinajstić information content (AvgIpc) is 0.851. The maximum Gasteiger partial charge on any atom is 0.416 e. The second-order valence-electron chi connectivity index (χ2n) is 29.0. The topological polar surface area (TPSA) is 96.3 Å². The van der Waals surface area contributed by atoms with Crippen LogP contribution in [0.3, 0.4) is 0 Å². The lowest BCUT2D eigenvalue weighted by Crippen LogP contribution is -2.55. The molecule has 6 aromatic rings. The number of nitrogens with zero attached hydrogens (tertiary/aromatic N) is 3. The van der Waals surface area contributed by atoms with E-state index in [0.29, 0.717) is 62.0 Å². The van der Waals surface area contributed by atoms with Gasteiger partial charge in [0.25, 0.3) is 0 Å². The minimum Gasteiger partial charge on any atom is -0.493 e. The molecule has 106 heavy (non-hydrogen) atoms. The maximum absolute atomic E-state index is 12.8. The van der Waals surface area contributed by atoms with Crippen molar-refractivity contribution in [2.75, 3.05) is 106 Å². The van der Waals surface area contributed by atoms with Gasteiger partial charge < -0.3 is 33.9 Å². The zero-order valence-corrected chi connectivity index (χ0v) is 61.7. The van der Waals surface area contributed by atoms with Crippen molar-refractivity contribution in [3.8, 4) is 11.5 Å². The zero-order valence-electron chi connectivity index (χ0n) is 59.4. The number of hydrogen-bond donors (Lipinski definition) is 2. The van der Waals surface area contributed by atoms with E-state index in [1.165, 1.54) is 92.3 Å². The molecule has 4 saturated heterocycles. The molecule has 0 radical (unpaired) electrons. The Labute approximate surface area is 636 Å². The Morgan fingerprint density at radius 1 is 0.396 bits per heavy atom. The summed E-state index contributed by atoms with van der Waals surface area (Å²) in [6, 6.07) is 38.0. The van der Waals surface area contributed by atoms with E-state index in [0.717, 1.165) is 162 Å². The van der Waals surface area contributed by atoms with Crippen LogP contribution in [0.1, 0.15) is 157 Å². The zero-order chi connectivity index (χ0) is 74.6. The highest BCUT2D eigenvalue weighted by molar-refractivity contribution is 6.31. The van der Waals surface area contributed by atoms with Crippen LogP contribution >= 0.6 is 34.8 Å². The van der Waals surface area contributed by atoms with E-state index in [2.05, 4.69) is 51.1 Å². The van der Waals surface area contributed by atoms with Crippen LogP contribution in [0.4, 0.5) is 43.9 Å². The van der Waals surface area contributed by atoms with Crippen molar-refractivity contribution in [2.45, 2.75) is 177 Å². The molecule has 0 bridgehead atoms. The van der Waals surface area contributed by atoms with Crippen LogP contribution in [0.2, 0.25) is 15.1 Å². The molecular formula is C83H108Cl3F10N3O7. The maximum atomic E-state index is 12.8. The lowest BCUT2D eigenvalue weighted by Gasteiger charge is -2.50. The fraction of sp³-hybridized carbons (Fsp3) is 0.566. The first-order valence-corrected chi connectivity index (χ1v) is 37.6. The fourth-order valence-corrected chi connectivity index (χ4v) is 16.3. The van der Waals surface area contributed by atoms with Gasteiger partial charge in [0.2, 0.25) is 0 Å². The Morgan fingerprint density at radius 2 is 0.698 bits per heavy atom. The number of methoxy groups -OCH3 is 2. The Hall–Kier alpha value is -5.23. The van der Waals surface area contributed by atoms with E-state index in [4.69, 9.17) is 58.5 Å². The number of piperidine rings is 3. The molecule has 6 atom stereocenters. The smallest absolute Gasteiger partial charge is 0.416 e. The summed E-state index contributed by atoms with van der Waals surface area (Å²) in [5.74, 6) is 0.933. The highest BCUT2D eigenvalue weighted by Crippen LogP contribution is 2.49. The summed E-state index contributed by atoms with van der Waals surface area (Å²) < 4.78 is 152. The average molecular weight is 1560 g/mol. The molecule has 0 unspecified atom stereocenters. The van der Waals surface area contributed by atoms with Crippen LogP contribution in [-0.2, 0) is 49.0 Å². The Bertz CT molecular complexity index is 3460. The highest BCUT2D eigenvalue weighted by Gasteiger charge is 2.47. The Morgan fingerprint density at radius 3 is 0.972 bits per heavy atom. The number of rotatable bonds is 21. The van der Waals surface area contributed by atoms with Crippen LogP contribution < -0.4 is 9.47 Å². The van der Waals surface area contributed by atoms with Crippen molar-refractivity contribution < 1.29 is 77.8 Å². The minimum atomic E-state index is -4.38. The molecule has 3 aliphatic carbocycles. The Kier molecular flexibility index (Phi) is 34.2. The van der Waals surface area contributed by atoms with Crippen molar-refractivity contribution in [2.24, 2.45) is 17.8 Å². The summed E-state index contributed by atoms with van der Waals surface area (Å²) in [6.07, 6.45) is 6.55. The first kappa shape index (κ1) is 88.0. The highest BCUT2D eigenvalue weighted by atomic mass is 35.5. The van der Waals surface area contributed by atoms with Gasteiger partial charge in [0.05, 0.1) is 49.7 Å². The van der Waals surface area contributed by atoms with Gasteiger partial charge in [-0.15, -0.1) is 0 Å². The second kappa shape index (κ2) is 41.2. The summed E-state index contributed by atoms with van der Waals surface area (Å²) in [4.78, 5) is 7.50. The fourth-order valence-electron chi connectivity index (χ4n) is 16.0. The number of benzene rings is 6. The molecule has 0 spiro atoms. The summed E-state index contributed by atoms with van der Waals surface area (Å²) in [5.41, 5.74) is 2.37. The molecule has 7 fully saturated rings. The molecule has 0 amide bonds. The number of hydrogen-bond acceptors (Lipinski definition) is 10. The van der Waals surface area contributed by atoms with Crippen LogP contribution in [0.15, 0.2) is 146 Å². The first-order valence-electron chi connectivity index (χ1n) is 36.5. The number of halogens is 13.